The molecule has 6 heteroatoms. The fourth-order valence-electron chi connectivity index (χ4n) is 2.00. The highest BCUT2D eigenvalue weighted by Crippen LogP contribution is 2.13. The highest BCUT2D eigenvalue weighted by molar-refractivity contribution is 5.91. The van der Waals surface area contributed by atoms with Gasteiger partial charge < -0.3 is 20.7 Å². The summed E-state index contributed by atoms with van der Waals surface area (Å²) in [5.74, 6) is 0.687. The van der Waals surface area contributed by atoms with E-state index in [2.05, 4.69) is 16.0 Å². The number of ether oxygens (including phenoxy) is 1. The van der Waals surface area contributed by atoms with E-state index in [1.165, 1.54) is 6.92 Å². The Labute approximate surface area is 141 Å². The molecule has 0 saturated carbocycles. The van der Waals surface area contributed by atoms with Crippen LogP contribution in [-0.4, -0.2) is 25.1 Å². The summed E-state index contributed by atoms with van der Waals surface area (Å²) in [7, 11) is 0. The molecule has 0 aliphatic heterocycles. The van der Waals surface area contributed by atoms with Crippen LogP contribution in [0.4, 0.5) is 16.2 Å². The smallest absolute Gasteiger partial charge is 0.319 e. The number of hydrogen-bond donors (Lipinski definition) is 3. The molecule has 3 amide bonds. The maximum Gasteiger partial charge on any atom is 0.319 e. The van der Waals surface area contributed by atoms with Gasteiger partial charge in [-0.05, 0) is 42.8 Å². The molecule has 3 N–H and O–H groups in total. The summed E-state index contributed by atoms with van der Waals surface area (Å²) in [6.45, 7) is 2.50. The molecule has 2 rings (SSSR count). The first-order chi connectivity index (χ1) is 11.6. The first-order valence-electron chi connectivity index (χ1n) is 7.74. The van der Waals surface area contributed by atoms with E-state index in [9.17, 15) is 9.59 Å². The van der Waals surface area contributed by atoms with E-state index in [4.69, 9.17) is 4.74 Å². The second kappa shape index (κ2) is 9.19. The zero-order chi connectivity index (χ0) is 17.2. The second-order valence-electron chi connectivity index (χ2n) is 5.15. The molecule has 0 unspecified atom stereocenters. The van der Waals surface area contributed by atoms with Gasteiger partial charge >= 0.3 is 6.03 Å². The minimum atomic E-state index is -0.276. The molecule has 0 atom stereocenters. The number of urea groups is 1. The van der Waals surface area contributed by atoms with Crippen LogP contribution in [0.1, 0.15) is 13.3 Å². The molecule has 126 valence electrons. The Kier molecular flexibility index (Phi) is 6.64. The average Bonchev–Trinajstić information content (AvgIpc) is 2.57. The quantitative estimate of drug-likeness (QED) is 0.683. The zero-order valence-corrected chi connectivity index (χ0v) is 13.5. The van der Waals surface area contributed by atoms with Crippen molar-refractivity contribution in [3.05, 3.63) is 54.6 Å². The highest BCUT2D eigenvalue weighted by Gasteiger charge is 2.02. The van der Waals surface area contributed by atoms with Gasteiger partial charge in [-0.1, -0.05) is 18.2 Å². The average molecular weight is 327 g/mol. The zero-order valence-electron chi connectivity index (χ0n) is 13.5. The van der Waals surface area contributed by atoms with Gasteiger partial charge in [0, 0.05) is 24.8 Å². The lowest BCUT2D eigenvalue weighted by atomic mass is 10.3. The Bertz CT molecular complexity index is 657. The van der Waals surface area contributed by atoms with E-state index < -0.39 is 0 Å². The number of anilines is 2. The summed E-state index contributed by atoms with van der Waals surface area (Å²) in [5.41, 5.74) is 1.34. The van der Waals surface area contributed by atoms with Crippen LogP contribution in [0.25, 0.3) is 0 Å². The van der Waals surface area contributed by atoms with Gasteiger partial charge in [-0.25, -0.2) is 4.79 Å². The van der Waals surface area contributed by atoms with Gasteiger partial charge in [-0.15, -0.1) is 0 Å². The molecule has 0 spiro atoms. The van der Waals surface area contributed by atoms with E-state index in [0.29, 0.717) is 30.9 Å². The van der Waals surface area contributed by atoms with Crippen LogP contribution in [0.3, 0.4) is 0 Å². The molecule has 2 aromatic rings. The van der Waals surface area contributed by atoms with Crippen LogP contribution in [0.5, 0.6) is 5.75 Å². The summed E-state index contributed by atoms with van der Waals surface area (Å²) in [4.78, 5) is 22.7. The number of carbonyl (C=O) groups is 2. The third-order valence-electron chi connectivity index (χ3n) is 3.08. The molecular weight excluding hydrogens is 306 g/mol. The maximum absolute atomic E-state index is 11.8. The maximum atomic E-state index is 11.8. The summed E-state index contributed by atoms with van der Waals surface area (Å²) >= 11 is 0. The van der Waals surface area contributed by atoms with Crippen molar-refractivity contribution in [2.75, 3.05) is 23.8 Å². The third-order valence-corrected chi connectivity index (χ3v) is 3.08. The molecular formula is C18H21N3O3. The number of hydrogen-bond acceptors (Lipinski definition) is 3. The number of carbonyl (C=O) groups excluding carboxylic acids is 2. The lowest BCUT2D eigenvalue weighted by Gasteiger charge is -2.09. The summed E-state index contributed by atoms with van der Waals surface area (Å²) in [5, 5.41) is 8.16. The van der Waals surface area contributed by atoms with Crippen molar-refractivity contribution in [2.45, 2.75) is 13.3 Å². The van der Waals surface area contributed by atoms with Gasteiger partial charge in [0.05, 0.1) is 6.61 Å². The van der Waals surface area contributed by atoms with Gasteiger partial charge in [0.25, 0.3) is 0 Å². The van der Waals surface area contributed by atoms with E-state index in [1.807, 2.05) is 30.3 Å². The lowest BCUT2D eigenvalue weighted by Crippen LogP contribution is -2.30. The van der Waals surface area contributed by atoms with Crippen molar-refractivity contribution in [2.24, 2.45) is 0 Å². The fourth-order valence-corrected chi connectivity index (χ4v) is 2.00. The van der Waals surface area contributed by atoms with Crippen LogP contribution in [0.2, 0.25) is 0 Å². The molecule has 0 aromatic heterocycles. The van der Waals surface area contributed by atoms with Crippen LogP contribution in [-0.2, 0) is 4.79 Å². The molecule has 0 bridgehead atoms. The molecule has 0 aliphatic carbocycles. The normalized spacial score (nSPS) is 9.88. The summed E-state index contributed by atoms with van der Waals surface area (Å²) in [6, 6.07) is 16.2. The predicted octanol–water partition coefficient (Wildman–Crippen LogP) is 3.24. The van der Waals surface area contributed by atoms with E-state index in [1.54, 1.807) is 24.3 Å². The first-order valence-corrected chi connectivity index (χ1v) is 7.74. The highest BCUT2D eigenvalue weighted by atomic mass is 16.5. The minimum absolute atomic E-state index is 0.133. The molecule has 0 fully saturated rings. The number of amides is 3. The van der Waals surface area contributed by atoms with Crippen molar-refractivity contribution in [1.29, 1.82) is 0 Å². The second-order valence-corrected chi connectivity index (χ2v) is 5.15. The summed E-state index contributed by atoms with van der Waals surface area (Å²) in [6.07, 6.45) is 0.712. The number of para-hydroxylation sites is 1. The molecule has 0 aliphatic rings. The van der Waals surface area contributed by atoms with Crippen molar-refractivity contribution >= 4 is 23.3 Å². The first kappa shape index (κ1) is 17.3. The molecule has 0 heterocycles. The minimum Gasteiger partial charge on any atom is -0.494 e. The summed E-state index contributed by atoms with van der Waals surface area (Å²) < 4.78 is 5.54. The number of benzene rings is 2. The fraction of sp³-hybridized carbons (Fsp3) is 0.222. The van der Waals surface area contributed by atoms with Crippen molar-refractivity contribution < 1.29 is 14.3 Å². The largest absolute Gasteiger partial charge is 0.494 e. The number of rotatable bonds is 7. The van der Waals surface area contributed by atoms with E-state index in [0.717, 1.165) is 5.75 Å². The van der Waals surface area contributed by atoms with Gasteiger partial charge in [-0.2, -0.15) is 0 Å². The Morgan fingerprint density at radius 3 is 2.17 bits per heavy atom. The van der Waals surface area contributed by atoms with Crippen LogP contribution in [0, 0.1) is 0 Å². The molecule has 2 aromatic carbocycles. The van der Waals surface area contributed by atoms with Gasteiger partial charge in [-0.3, -0.25) is 4.79 Å². The van der Waals surface area contributed by atoms with E-state index >= 15 is 0 Å². The molecule has 6 nitrogen and oxygen atoms in total. The Morgan fingerprint density at radius 2 is 1.54 bits per heavy atom. The van der Waals surface area contributed by atoms with Crippen molar-refractivity contribution in [3.8, 4) is 5.75 Å². The SMILES string of the molecule is CC(=O)Nc1ccc(NC(=O)NCCCOc2ccccc2)cc1. The van der Waals surface area contributed by atoms with Crippen LogP contribution in [0.15, 0.2) is 54.6 Å². The Balaban J connectivity index is 1.63. The van der Waals surface area contributed by atoms with Gasteiger partial charge in [0.1, 0.15) is 5.75 Å². The van der Waals surface area contributed by atoms with E-state index in [-0.39, 0.29) is 11.9 Å². The molecule has 0 saturated heterocycles. The Hall–Kier alpha value is -3.02. The standard InChI is InChI=1S/C18H21N3O3/c1-14(22)20-15-8-10-16(11-9-15)21-18(23)19-12-5-13-24-17-6-3-2-4-7-17/h2-4,6-11H,5,12-13H2,1H3,(H,20,22)(H2,19,21,23). The molecule has 24 heavy (non-hydrogen) atoms. The van der Waals surface area contributed by atoms with Crippen LogP contribution >= 0.6 is 0 Å². The van der Waals surface area contributed by atoms with Crippen LogP contribution < -0.4 is 20.7 Å². The molecule has 0 radical (unpaired) electrons. The monoisotopic (exact) mass is 327 g/mol. The Morgan fingerprint density at radius 1 is 0.917 bits per heavy atom. The third kappa shape index (κ3) is 6.39. The van der Waals surface area contributed by atoms with Gasteiger partial charge in [0.2, 0.25) is 5.91 Å². The van der Waals surface area contributed by atoms with Gasteiger partial charge in [0.15, 0.2) is 0 Å². The van der Waals surface area contributed by atoms with Crippen molar-refractivity contribution in [1.82, 2.24) is 5.32 Å². The van der Waals surface area contributed by atoms with Crippen molar-refractivity contribution in [3.63, 3.8) is 0 Å². The number of nitrogens with one attached hydrogen (secondary N) is 3. The topological polar surface area (TPSA) is 79.5 Å². The predicted molar refractivity (Wildman–Crippen MR) is 94.3 cm³/mol. The lowest BCUT2D eigenvalue weighted by molar-refractivity contribution is -0.114.